The summed E-state index contributed by atoms with van der Waals surface area (Å²) in [6.07, 6.45) is 0. The highest BCUT2D eigenvalue weighted by atomic mass is 15.3. The van der Waals surface area contributed by atoms with Crippen LogP contribution in [0.15, 0.2) is 0 Å². The summed E-state index contributed by atoms with van der Waals surface area (Å²) < 4.78 is 0. The first-order valence-corrected chi connectivity index (χ1v) is 4.44. The summed E-state index contributed by atoms with van der Waals surface area (Å²) in [5.41, 5.74) is 0. The van der Waals surface area contributed by atoms with Crippen molar-refractivity contribution in [1.82, 2.24) is 9.80 Å². The van der Waals surface area contributed by atoms with E-state index in [9.17, 15) is 0 Å². The van der Waals surface area contributed by atoms with Crippen molar-refractivity contribution in [3.05, 3.63) is 0 Å². The first kappa shape index (κ1) is 9.20. The van der Waals surface area contributed by atoms with Crippen molar-refractivity contribution in [3.63, 3.8) is 0 Å². The lowest BCUT2D eigenvalue weighted by Gasteiger charge is -2.41. The summed E-state index contributed by atoms with van der Waals surface area (Å²) in [5, 5.41) is 0.362. The van der Waals surface area contributed by atoms with E-state index < -0.39 is 0 Å². The van der Waals surface area contributed by atoms with Crippen LogP contribution < -0.4 is 0 Å². The highest BCUT2D eigenvalue weighted by molar-refractivity contribution is 6.59. The minimum absolute atomic E-state index is 0.362. The molecule has 11 heavy (non-hydrogen) atoms. The number of rotatable bonds is 1. The van der Waals surface area contributed by atoms with Crippen LogP contribution >= 0.6 is 0 Å². The number of hydrogen-bond donors (Lipinski definition) is 0. The van der Waals surface area contributed by atoms with Crippen LogP contribution in [0.25, 0.3) is 0 Å². The lowest BCUT2D eigenvalue weighted by atomic mass is 9.48. The van der Waals surface area contributed by atoms with Gasteiger partial charge in [-0.25, -0.2) is 0 Å². The fourth-order valence-electron chi connectivity index (χ4n) is 1.48. The molecule has 60 valence electrons. The van der Waals surface area contributed by atoms with E-state index in [0.29, 0.717) is 5.24 Å². The smallest absolute Gasteiger partial charge is 0.107 e. The minimum atomic E-state index is 0.362. The first-order valence-electron chi connectivity index (χ1n) is 4.44. The summed E-state index contributed by atoms with van der Waals surface area (Å²) in [6.45, 7) is 4.88. The second-order valence-corrected chi connectivity index (χ2v) is 4.46. The highest BCUT2D eigenvalue weighted by Gasteiger charge is 2.23. The van der Waals surface area contributed by atoms with E-state index in [0.717, 1.165) is 0 Å². The van der Waals surface area contributed by atoms with Crippen LogP contribution in [-0.2, 0) is 0 Å². The Kier molecular flexibility index (Phi) is 2.71. The van der Waals surface area contributed by atoms with Crippen molar-refractivity contribution in [2.45, 2.75) is 5.24 Å². The average molecular weight is 150 g/mol. The fraction of sp³-hybridized carbons (Fsp3) is 1.00. The maximum atomic E-state index is 2.55. The Labute approximate surface area is 72.5 Å². The first-order chi connectivity index (χ1) is 5.00. The second kappa shape index (κ2) is 3.24. The Bertz CT molecular complexity index is 126. The Hall–Kier alpha value is 0.115. The van der Waals surface area contributed by atoms with Crippen LogP contribution in [-0.4, -0.2) is 71.8 Å². The zero-order chi connectivity index (χ0) is 8.48. The second-order valence-electron chi connectivity index (χ2n) is 4.46. The maximum Gasteiger partial charge on any atom is 0.107 e. The zero-order valence-electron chi connectivity index (χ0n) is 8.22. The quantitative estimate of drug-likeness (QED) is 0.362. The van der Waals surface area contributed by atoms with Gasteiger partial charge in [0.1, 0.15) is 23.5 Å². The van der Waals surface area contributed by atoms with Gasteiger partial charge in [0.15, 0.2) is 0 Å². The standard InChI is InChI=1S/C6H17B3N2/c1-10-2-4-11(5-3-10)6(7,8)9/h2-5,7-9H2,1H3. The Balaban J connectivity index is 2.39. The molecule has 1 rings (SSSR count). The lowest BCUT2D eigenvalue weighted by molar-refractivity contribution is 0.152. The van der Waals surface area contributed by atoms with Gasteiger partial charge in [0.25, 0.3) is 0 Å². The highest BCUT2D eigenvalue weighted by Crippen LogP contribution is 2.06. The third-order valence-electron chi connectivity index (χ3n) is 2.45. The Morgan fingerprint density at radius 2 is 1.45 bits per heavy atom. The predicted octanol–water partition coefficient (Wildman–Crippen LogP) is -3.26. The molecular weight excluding hydrogens is 133 g/mol. The molecule has 0 saturated carbocycles. The van der Waals surface area contributed by atoms with Crippen LogP contribution in [0.3, 0.4) is 0 Å². The summed E-state index contributed by atoms with van der Waals surface area (Å²) in [4.78, 5) is 4.94. The van der Waals surface area contributed by atoms with Gasteiger partial charge in [0, 0.05) is 26.2 Å². The fourth-order valence-corrected chi connectivity index (χ4v) is 1.48. The molecule has 2 nitrogen and oxygen atoms in total. The molecule has 5 heteroatoms. The summed E-state index contributed by atoms with van der Waals surface area (Å²) in [7, 11) is 9.06. The van der Waals surface area contributed by atoms with Crippen LogP contribution in [0.5, 0.6) is 0 Å². The van der Waals surface area contributed by atoms with E-state index in [2.05, 4.69) is 40.4 Å². The van der Waals surface area contributed by atoms with Crippen LogP contribution in [0.2, 0.25) is 0 Å². The number of nitrogens with zero attached hydrogens (tertiary/aromatic N) is 2. The molecule has 0 aromatic carbocycles. The van der Waals surface area contributed by atoms with Gasteiger partial charge >= 0.3 is 0 Å². The monoisotopic (exact) mass is 150 g/mol. The molecule has 1 aliphatic heterocycles. The van der Waals surface area contributed by atoms with E-state index in [-0.39, 0.29) is 0 Å². The van der Waals surface area contributed by atoms with Crippen molar-refractivity contribution < 1.29 is 0 Å². The number of hydrogen-bond acceptors (Lipinski definition) is 2. The van der Waals surface area contributed by atoms with Crippen molar-refractivity contribution in [3.8, 4) is 0 Å². The third-order valence-corrected chi connectivity index (χ3v) is 2.45. The lowest BCUT2D eigenvalue weighted by Crippen LogP contribution is -2.57. The summed E-state index contributed by atoms with van der Waals surface area (Å²) in [6, 6.07) is 0. The SMILES string of the molecule is BC(B)(B)N1CCN(C)CC1. The van der Waals surface area contributed by atoms with Crippen LogP contribution in [0.4, 0.5) is 0 Å². The largest absolute Gasteiger partial charge is 0.318 e. The Morgan fingerprint density at radius 1 is 1.00 bits per heavy atom. The van der Waals surface area contributed by atoms with E-state index in [4.69, 9.17) is 0 Å². The third kappa shape index (κ3) is 2.56. The molecule has 0 amide bonds. The topological polar surface area (TPSA) is 6.48 Å². The summed E-state index contributed by atoms with van der Waals surface area (Å²) >= 11 is 0. The van der Waals surface area contributed by atoms with Gasteiger partial charge in [-0.15, -0.1) is 0 Å². The van der Waals surface area contributed by atoms with Gasteiger partial charge in [0.05, 0.1) is 0 Å². The van der Waals surface area contributed by atoms with Gasteiger partial charge in [-0.05, 0) is 7.05 Å². The van der Waals surface area contributed by atoms with Gasteiger partial charge in [0.2, 0.25) is 0 Å². The van der Waals surface area contributed by atoms with Gasteiger partial charge < -0.3 is 9.80 Å². The van der Waals surface area contributed by atoms with Crippen molar-refractivity contribution >= 4 is 23.5 Å². The van der Waals surface area contributed by atoms with Crippen LogP contribution in [0, 0.1) is 0 Å². The molecule has 0 bridgehead atoms. The molecule has 1 heterocycles. The Morgan fingerprint density at radius 3 is 1.82 bits per heavy atom. The normalized spacial score (nSPS) is 23.7. The van der Waals surface area contributed by atoms with Gasteiger partial charge in [-0.1, -0.05) is 5.24 Å². The summed E-state index contributed by atoms with van der Waals surface area (Å²) in [5.74, 6) is 0. The van der Waals surface area contributed by atoms with Gasteiger partial charge in [-0.2, -0.15) is 0 Å². The maximum absolute atomic E-state index is 2.55. The van der Waals surface area contributed by atoms with E-state index in [1.807, 2.05) is 0 Å². The van der Waals surface area contributed by atoms with E-state index in [1.165, 1.54) is 26.2 Å². The molecular formula is C6H17B3N2. The van der Waals surface area contributed by atoms with Gasteiger partial charge in [-0.3, -0.25) is 0 Å². The van der Waals surface area contributed by atoms with Crippen molar-refractivity contribution in [2.75, 3.05) is 33.2 Å². The molecule has 0 aliphatic carbocycles. The average Bonchev–Trinajstić information content (AvgIpc) is 1.86. The van der Waals surface area contributed by atoms with Crippen LogP contribution in [0.1, 0.15) is 0 Å². The zero-order valence-corrected chi connectivity index (χ0v) is 8.22. The molecule has 0 radical (unpaired) electrons. The minimum Gasteiger partial charge on any atom is -0.318 e. The molecule has 1 aliphatic rings. The van der Waals surface area contributed by atoms with E-state index >= 15 is 0 Å². The van der Waals surface area contributed by atoms with Crippen molar-refractivity contribution in [2.24, 2.45) is 0 Å². The van der Waals surface area contributed by atoms with E-state index in [1.54, 1.807) is 0 Å². The molecule has 1 saturated heterocycles. The molecule has 0 aromatic rings. The number of likely N-dealkylation sites (N-methyl/N-ethyl adjacent to an activating group) is 1. The molecule has 0 N–H and O–H groups in total. The molecule has 0 unspecified atom stereocenters. The molecule has 0 aromatic heterocycles. The molecule has 1 fully saturated rings. The number of piperazine rings is 1. The van der Waals surface area contributed by atoms with Crippen molar-refractivity contribution in [1.29, 1.82) is 0 Å². The molecule has 0 atom stereocenters. The predicted molar refractivity (Wildman–Crippen MR) is 57.4 cm³/mol. The molecule has 0 spiro atoms.